The number of nitrogens with two attached hydrogens (primary N) is 3. The number of para-hydroxylation sites is 1. The molecule has 15 N–H and O–H groups in total. The quantitative estimate of drug-likeness (QED) is 0.0142. The number of aromatic amines is 1. The summed E-state index contributed by atoms with van der Waals surface area (Å²) in [6, 6.07) is 6.81. The number of hydrogen-bond donors (Lipinski definition) is 12. The topological polar surface area (TPSA) is 403 Å². The molecule has 109 heavy (non-hydrogen) atoms. The number of nitrogens with zero attached hydrogens (tertiary/aromatic N) is 2. The van der Waals surface area contributed by atoms with Gasteiger partial charge in [-0.15, -0.1) is 0 Å². The molecule has 2 aromatic carbocycles. The minimum absolute atomic E-state index is 0.0462. The van der Waals surface area contributed by atoms with E-state index in [0.29, 0.717) is 49.3 Å². The van der Waals surface area contributed by atoms with E-state index in [-0.39, 0.29) is 132 Å². The lowest BCUT2D eigenvalue weighted by Crippen LogP contribution is -2.61. The number of thioether (sulfide) groups is 1. The Balaban J connectivity index is 2.01. The van der Waals surface area contributed by atoms with E-state index >= 15 is 14.4 Å². The van der Waals surface area contributed by atoms with Crippen LogP contribution in [0.4, 0.5) is 0 Å². The molecule has 25 nitrogen and oxygen atoms in total. The standard InChI is InChI=1S/C83H136N14O11S/c1-11-16-18-19-20-21-22-23-24-25-26-27-32-40-62(99)53-60(51-58(9)98)75(101)90-66(44-35-47-87-73(84)37-13-3)78(104)94-69(50-56(6)7)80(106)92-67(45-36-48-88-83(85)86)76(102)91-65(43-29-17-12-2)77(103)96-71(54-61-55-89-64-42-34-33-41-63(61)64)81(107)93-68(46-49-109-10)79(105)95-70(52-59-38-30-28-31-39-59)82(108)97-74(57(8)14-4)72(100)15-5/h28,30-31,33-34,38-39,41-42,55-57,60,65-71,74,89H,11-27,29,32,35-37,40,43-54H2,1-10H3,(H2,84,87)(H,90,101)(H,91,102)(H,92,106)(H,93,107)(H,94,104)(H,95,105)(H,96,103)(H,97,108)(H4,85,86,88). The molecule has 10 unspecified atom stereocenters. The Hall–Kier alpha value is -8.16. The maximum atomic E-state index is 15.2. The zero-order valence-electron chi connectivity index (χ0n) is 67.4. The van der Waals surface area contributed by atoms with Crippen molar-refractivity contribution in [2.45, 2.75) is 316 Å². The summed E-state index contributed by atoms with van der Waals surface area (Å²) in [6.07, 6.45) is 23.1. The first kappa shape index (κ1) is 95.0. The summed E-state index contributed by atoms with van der Waals surface area (Å²) < 4.78 is 0. The number of fused-ring (bicyclic) bond motifs is 1. The molecule has 0 saturated carbocycles. The second-order valence-electron chi connectivity index (χ2n) is 29.8. The van der Waals surface area contributed by atoms with Crippen LogP contribution in [0.3, 0.4) is 0 Å². The summed E-state index contributed by atoms with van der Waals surface area (Å²) in [7, 11) is 0. The zero-order chi connectivity index (χ0) is 80.5. The van der Waals surface area contributed by atoms with Gasteiger partial charge in [0.25, 0.3) is 0 Å². The number of unbranched alkanes of at least 4 members (excludes halogenated alkanes) is 14. The third-order valence-corrected chi connectivity index (χ3v) is 20.4. The Bertz CT molecular complexity index is 3300. The van der Waals surface area contributed by atoms with Crippen molar-refractivity contribution in [1.29, 1.82) is 0 Å². The van der Waals surface area contributed by atoms with Crippen LogP contribution in [-0.4, -0.2) is 155 Å². The number of guanidine groups is 1. The first-order chi connectivity index (χ1) is 52.3. The van der Waals surface area contributed by atoms with Gasteiger partial charge >= 0.3 is 0 Å². The molecular formula is C83H136N14O11S. The number of aliphatic imine (C=N–C) groups is 2. The Morgan fingerprint density at radius 3 is 1.45 bits per heavy atom. The summed E-state index contributed by atoms with van der Waals surface area (Å²) >= 11 is 1.44. The third kappa shape index (κ3) is 38.9. The van der Waals surface area contributed by atoms with Gasteiger partial charge in [-0.05, 0) is 106 Å². The molecule has 0 aliphatic heterocycles. The van der Waals surface area contributed by atoms with Crippen molar-refractivity contribution < 1.29 is 52.7 Å². The number of aromatic nitrogens is 1. The van der Waals surface area contributed by atoms with E-state index in [9.17, 15) is 38.4 Å². The molecule has 10 atom stereocenters. The van der Waals surface area contributed by atoms with Gasteiger partial charge in [0.2, 0.25) is 47.3 Å². The lowest BCUT2D eigenvalue weighted by atomic mass is 9.93. The van der Waals surface area contributed by atoms with E-state index in [1.165, 1.54) is 70.1 Å². The molecule has 1 aromatic heterocycles. The van der Waals surface area contributed by atoms with E-state index < -0.39 is 102 Å². The Kier molecular flexibility index (Phi) is 48.2. The smallest absolute Gasteiger partial charge is 0.243 e. The number of benzene rings is 2. The van der Waals surface area contributed by atoms with Crippen molar-refractivity contribution in [2.75, 3.05) is 25.1 Å². The monoisotopic (exact) mass is 1540 g/mol. The van der Waals surface area contributed by atoms with Gasteiger partial charge in [-0.3, -0.25) is 57.9 Å². The second-order valence-corrected chi connectivity index (χ2v) is 30.8. The van der Waals surface area contributed by atoms with Crippen LogP contribution < -0.4 is 59.7 Å². The molecule has 26 heteroatoms. The van der Waals surface area contributed by atoms with Crippen LogP contribution in [0.5, 0.6) is 0 Å². The highest BCUT2D eigenvalue weighted by Crippen LogP contribution is 2.22. The number of ketones is 3. The predicted molar refractivity (Wildman–Crippen MR) is 438 cm³/mol. The lowest BCUT2D eigenvalue weighted by Gasteiger charge is -2.29. The fourth-order valence-electron chi connectivity index (χ4n) is 13.3. The maximum absolute atomic E-state index is 15.2. The molecule has 3 rings (SSSR count). The molecule has 0 radical (unpaired) electrons. The minimum atomic E-state index is -1.36. The number of rotatable bonds is 61. The number of carbonyl (C=O) groups is 11. The normalized spacial score (nSPS) is 14.3. The van der Waals surface area contributed by atoms with Crippen molar-refractivity contribution >= 4 is 99.1 Å². The van der Waals surface area contributed by atoms with E-state index in [1.807, 2.05) is 102 Å². The number of amidine groups is 1. The highest BCUT2D eigenvalue weighted by Gasteiger charge is 2.37. The minimum Gasteiger partial charge on any atom is -0.387 e. The van der Waals surface area contributed by atoms with Crippen LogP contribution in [0.25, 0.3) is 10.9 Å². The fourth-order valence-corrected chi connectivity index (χ4v) is 13.7. The van der Waals surface area contributed by atoms with Crippen LogP contribution in [-0.2, 0) is 65.6 Å². The van der Waals surface area contributed by atoms with Gasteiger partial charge < -0.3 is 69.5 Å². The summed E-state index contributed by atoms with van der Waals surface area (Å²) in [5, 5.41) is 23.9. The number of Topliss-reactive ketones (excluding diaryl/α,β-unsaturated/α-hetero) is 3. The van der Waals surface area contributed by atoms with Gasteiger partial charge in [0.15, 0.2) is 11.7 Å². The van der Waals surface area contributed by atoms with Crippen molar-refractivity contribution in [3.8, 4) is 0 Å². The Labute approximate surface area is 654 Å². The molecule has 3 aromatic rings. The molecule has 0 saturated heterocycles. The molecule has 610 valence electrons. The van der Waals surface area contributed by atoms with Crippen molar-refractivity contribution in [3.05, 3.63) is 71.9 Å². The average Bonchev–Trinajstić information content (AvgIpc) is 1.73. The van der Waals surface area contributed by atoms with Gasteiger partial charge in [0.05, 0.1) is 17.8 Å². The highest BCUT2D eigenvalue weighted by atomic mass is 32.2. The van der Waals surface area contributed by atoms with Gasteiger partial charge in [-0.2, -0.15) is 11.8 Å². The Morgan fingerprint density at radius 1 is 0.468 bits per heavy atom. The zero-order valence-corrected chi connectivity index (χ0v) is 68.2. The molecule has 0 aliphatic carbocycles. The van der Waals surface area contributed by atoms with Gasteiger partial charge in [0.1, 0.15) is 53.9 Å². The molecule has 1 heterocycles. The van der Waals surface area contributed by atoms with Crippen molar-refractivity contribution in [1.82, 2.24) is 47.5 Å². The summed E-state index contributed by atoms with van der Waals surface area (Å²) in [4.78, 5) is 170. The first-order valence-electron chi connectivity index (χ1n) is 40.7. The molecule has 8 amide bonds. The molecule has 0 fully saturated rings. The van der Waals surface area contributed by atoms with Crippen LogP contribution in [0.15, 0.2) is 70.8 Å². The number of amides is 8. The summed E-state index contributed by atoms with van der Waals surface area (Å²) in [5.41, 5.74) is 19.7. The van der Waals surface area contributed by atoms with Crippen molar-refractivity contribution in [2.24, 2.45) is 44.9 Å². The van der Waals surface area contributed by atoms with Gasteiger partial charge in [-0.25, -0.2) is 0 Å². The largest absolute Gasteiger partial charge is 0.387 e. The van der Waals surface area contributed by atoms with Gasteiger partial charge in [-0.1, -0.05) is 207 Å². The first-order valence-corrected chi connectivity index (χ1v) is 42.1. The predicted octanol–water partition coefficient (Wildman–Crippen LogP) is 10.3. The SMILES string of the molecule is CCCCCCCCCCCCCCCC(=O)CC(CC(C)=O)C(=O)NC(CCCN=C(N)CCC)C(=O)NC(CC(C)C)C(=O)NC(CCCN=C(N)N)C(=O)NC(CCCCC)C(=O)NC(Cc1c[nH]c2ccccc12)C(=O)NC(CCSC)C(=O)NC(Cc1ccccc1)C(=O)NC(C(=O)CC)C(C)CC. The molecule has 0 spiro atoms. The van der Waals surface area contributed by atoms with Crippen LogP contribution in [0, 0.1) is 17.8 Å². The van der Waals surface area contributed by atoms with E-state index in [1.54, 1.807) is 13.1 Å². The molecule has 0 aliphatic rings. The fraction of sp³-hybridized carbons (Fsp3) is 0.675. The average molecular weight is 1540 g/mol. The number of carbonyl (C=O) groups excluding carboxylic acids is 11. The number of nitrogens with one attached hydrogen (secondary N) is 9. The third-order valence-electron chi connectivity index (χ3n) is 19.8. The van der Waals surface area contributed by atoms with Crippen LogP contribution in [0.2, 0.25) is 0 Å². The number of hydrogen-bond acceptors (Lipinski definition) is 14. The maximum Gasteiger partial charge on any atom is 0.243 e. The van der Waals surface area contributed by atoms with Crippen LogP contribution in [0.1, 0.15) is 266 Å². The lowest BCUT2D eigenvalue weighted by molar-refractivity contribution is -0.136. The van der Waals surface area contributed by atoms with E-state index in [0.717, 1.165) is 55.0 Å². The van der Waals surface area contributed by atoms with E-state index in [2.05, 4.69) is 64.4 Å². The molecule has 0 bridgehead atoms. The summed E-state index contributed by atoms with van der Waals surface area (Å²) in [5.74, 6) is -7.03. The van der Waals surface area contributed by atoms with Crippen molar-refractivity contribution in [3.63, 3.8) is 0 Å². The van der Waals surface area contributed by atoms with E-state index in [4.69, 9.17) is 17.2 Å². The summed E-state index contributed by atoms with van der Waals surface area (Å²) in [6.45, 7) is 17.0. The number of H-pyrrole nitrogens is 1. The molecular weight excluding hydrogens is 1400 g/mol. The van der Waals surface area contributed by atoms with Crippen LogP contribution >= 0.6 is 11.8 Å². The Morgan fingerprint density at radius 2 is 0.927 bits per heavy atom. The van der Waals surface area contributed by atoms with Gasteiger partial charge in [0, 0.05) is 75.1 Å². The second kappa shape index (κ2) is 55.3. The highest BCUT2D eigenvalue weighted by molar-refractivity contribution is 7.98.